The number of halogens is 3. The Labute approximate surface area is 173 Å². The summed E-state index contributed by atoms with van der Waals surface area (Å²) in [4.78, 5) is 12.7. The van der Waals surface area contributed by atoms with Crippen LogP contribution >= 0.6 is 0 Å². The predicted octanol–water partition coefficient (Wildman–Crippen LogP) is 5.18. The molecule has 0 saturated carbocycles. The van der Waals surface area contributed by atoms with Gasteiger partial charge in [0.2, 0.25) is 5.91 Å². The normalized spacial score (nSPS) is 22.0. The van der Waals surface area contributed by atoms with Gasteiger partial charge >= 0.3 is 6.18 Å². The Balaban J connectivity index is 1.61. The lowest BCUT2D eigenvalue weighted by atomic mass is 9.90. The lowest BCUT2D eigenvalue weighted by Crippen LogP contribution is -2.45. The summed E-state index contributed by atoms with van der Waals surface area (Å²) in [7, 11) is 0. The second-order valence-electron chi connectivity index (χ2n) is 7.78. The summed E-state index contributed by atoms with van der Waals surface area (Å²) in [6.07, 6.45) is -5.36. The standard InChI is InChI=1S/C22H24F3NO4/c1-14(2)30-18-9-7-17(8-10-18)26-20(27)21(3)12-28-19(29-13-21)15-5-4-6-16(11-15)22(23,24)25/h4-11,14,19H,12-13H2,1-3H3,(H,26,27). The summed E-state index contributed by atoms with van der Waals surface area (Å²) in [5.74, 6) is 0.394. The average Bonchev–Trinajstić information content (AvgIpc) is 2.69. The largest absolute Gasteiger partial charge is 0.491 e. The molecule has 0 spiro atoms. The molecule has 0 radical (unpaired) electrons. The minimum atomic E-state index is -4.45. The van der Waals surface area contributed by atoms with Crippen molar-refractivity contribution in [3.63, 3.8) is 0 Å². The fraction of sp³-hybridized carbons (Fsp3) is 0.409. The lowest BCUT2D eigenvalue weighted by Gasteiger charge is -2.36. The molecule has 2 aromatic rings. The number of ether oxygens (including phenoxy) is 3. The maximum atomic E-state index is 12.9. The molecule has 5 nitrogen and oxygen atoms in total. The van der Waals surface area contributed by atoms with Gasteiger partial charge in [0, 0.05) is 11.3 Å². The van der Waals surface area contributed by atoms with E-state index in [1.807, 2.05) is 13.8 Å². The predicted molar refractivity (Wildman–Crippen MR) is 105 cm³/mol. The number of hydrogen-bond acceptors (Lipinski definition) is 4. The zero-order chi connectivity index (χ0) is 21.9. The maximum absolute atomic E-state index is 12.9. The van der Waals surface area contributed by atoms with Crippen LogP contribution in [0.4, 0.5) is 18.9 Å². The number of amides is 1. The maximum Gasteiger partial charge on any atom is 0.416 e. The Bertz CT molecular complexity index is 873. The molecular formula is C22H24F3NO4. The minimum absolute atomic E-state index is 0.00822. The van der Waals surface area contributed by atoms with Crippen LogP contribution in [0.25, 0.3) is 0 Å². The molecule has 30 heavy (non-hydrogen) atoms. The van der Waals surface area contributed by atoms with Gasteiger partial charge in [0.25, 0.3) is 0 Å². The van der Waals surface area contributed by atoms with Crippen LogP contribution in [-0.4, -0.2) is 25.2 Å². The van der Waals surface area contributed by atoms with Gasteiger partial charge in [-0.1, -0.05) is 12.1 Å². The summed E-state index contributed by atoms with van der Waals surface area (Å²) < 4.78 is 55.5. The Kier molecular flexibility index (Phi) is 6.38. The molecule has 162 valence electrons. The second kappa shape index (κ2) is 8.65. The number of anilines is 1. The van der Waals surface area contributed by atoms with E-state index in [9.17, 15) is 18.0 Å². The number of alkyl halides is 3. The summed E-state index contributed by atoms with van der Waals surface area (Å²) in [5, 5.41) is 2.81. The highest BCUT2D eigenvalue weighted by Crippen LogP contribution is 2.35. The molecule has 1 N–H and O–H groups in total. The summed E-state index contributed by atoms with van der Waals surface area (Å²) >= 11 is 0. The molecule has 1 aliphatic heterocycles. The van der Waals surface area contributed by atoms with Crippen molar-refractivity contribution in [3.8, 4) is 5.75 Å². The number of hydrogen-bond donors (Lipinski definition) is 1. The molecule has 2 aromatic carbocycles. The second-order valence-corrected chi connectivity index (χ2v) is 7.78. The van der Waals surface area contributed by atoms with E-state index in [4.69, 9.17) is 14.2 Å². The van der Waals surface area contributed by atoms with E-state index >= 15 is 0 Å². The zero-order valence-electron chi connectivity index (χ0n) is 17.0. The van der Waals surface area contributed by atoms with E-state index in [1.165, 1.54) is 12.1 Å². The van der Waals surface area contributed by atoms with Gasteiger partial charge in [0.1, 0.15) is 5.75 Å². The third-order valence-corrected chi connectivity index (χ3v) is 4.62. The molecule has 0 aromatic heterocycles. The van der Waals surface area contributed by atoms with E-state index in [-0.39, 0.29) is 30.8 Å². The van der Waals surface area contributed by atoms with Gasteiger partial charge in [-0.05, 0) is 57.2 Å². The van der Waals surface area contributed by atoms with Crippen LogP contribution in [0.15, 0.2) is 48.5 Å². The molecule has 0 atom stereocenters. The van der Waals surface area contributed by atoms with E-state index in [1.54, 1.807) is 31.2 Å². The first-order valence-electron chi connectivity index (χ1n) is 9.55. The highest BCUT2D eigenvalue weighted by molar-refractivity contribution is 5.95. The first-order chi connectivity index (χ1) is 14.1. The van der Waals surface area contributed by atoms with Crippen LogP contribution in [0, 0.1) is 5.41 Å². The molecule has 1 saturated heterocycles. The molecule has 1 amide bonds. The van der Waals surface area contributed by atoms with Crippen molar-refractivity contribution in [2.45, 2.75) is 39.3 Å². The van der Waals surface area contributed by atoms with Crippen molar-refractivity contribution in [1.82, 2.24) is 0 Å². The summed E-state index contributed by atoms with van der Waals surface area (Å²) in [6.45, 7) is 5.54. The molecule has 1 aliphatic rings. The smallest absolute Gasteiger partial charge is 0.416 e. The molecular weight excluding hydrogens is 399 g/mol. The number of carbonyl (C=O) groups excluding carboxylic acids is 1. The van der Waals surface area contributed by atoms with Gasteiger partial charge < -0.3 is 19.5 Å². The quantitative estimate of drug-likeness (QED) is 0.720. The van der Waals surface area contributed by atoms with Crippen molar-refractivity contribution in [3.05, 3.63) is 59.7 Å². The first-order valence-corrected chi connectivity index (χ1v) is 9.55. The van der Waals surface area contributed by atoms with Gasteiger partial charge in [-0.3, -0.25) is 4.79 Å². The van der Waals surface area contributed by atoms with Gasteiger partial charge in [0.05, 0.1) is 30.3 Å². The number of benzene rings is 2. The highest BCUT2D eigenvalue weighted by Gasteiger charge is 2.40. The van der Waals surface area contributed by atoms with Gasteiger partial charge in [-0.15, -0.1) is 0 Å². The fourth-order valence-electron chi connectivity index (χ4n) is 2.97. The van der Waals surface area contributed by atoms with Crippen LogP contribution in [0.1, 0.15) is 38.2 Å². The molecule has 0 unspecified atom stereocenters. The van der Waals surface area contributed by atoms with Crippen molar-refractivity contribution in [1.29, 1.82) is 0 Å². The minimum Gasteiger partial charge on any atom is -0.491 e. The number of carbonyl (C=O) groups is 1. The first kappa shape index (κ1) is 22.1. The Morgan fingerprint density at radius 3 is 2.33 bits per heavy atom. The van der Waals surface area contributed by atoms with Crippen molar-refractivity contribution in [2.24, 2.45) is 5.41 Å². The monoisotopic (exact) mass is 423 g/mol. The van der Waals surface area contributed by atoms with E-state index < -0.39 is 23.4 Å². The van der Waals surface area contributed by atoms with Crippen LogP contribution in [-0.2, 0) is 20.4 Å². The number of nitrogens with one attached hydrogen (secondary N) is 1. The topological polar surface area (TPSA) is 56.8 Å². The highest BCUT2D eigenvalue weighted by atomic mass is 19.4. The third kappa shape index (κ3) is 5.31. The number of rotatable bonds is 5. The Morgan fingerprint density at radius 2 is 1.77 bits per heavy atom. The third-order valence-electron chi connectivity index (χ3n) is 4.62. The van der Waals surface area contributed by atoms with Crippen LogP contribution in [0.5, 0.6) is 5.75 Å². The molecule has 3 rings (SSSR count). The van der Waals surface area contributed by atoms with Gasteiger partial charge in [0.15, 0.2) is 6.29 Å². The van der Waals surface area contributed by atoms with E-state index in [2.05, 4.69) is 5.32 Å². The van der Waals surface area contributed by atoms with E-state index in [0.717, 1.165) is 12.1 Å². The molecule has 0 aliphatic carbocycles. The van der Waals surface area contributed by atoms with Crippen LogP contribution in [0.3, 0.4) is 0 Å². The average molecular weight is 423 g/mol. The summed E-state index contributed by atoms with van der Waals surface area (Å²) in [5.41, 5.74) is -0.904. The van der Waals surface area contributed by atoms with E-state index in [0.29, 0.717) is 11.4 Å². The van der Waals surface area contributed by atoms with Crippen LogP contribution in [0.2, 0.25) is 0 Å². The van der Waals surface area contributed by atoms with Crippen molar-refractivity contribution < 1.29 is 32.2 Å². The van der Waals surface area contributed by atoms with Gasteiger partial charge in [-0.2, -0.15) is 13.2 Å². The fourth-order valence-corrected chi connectivity index (χ4v) is 2.97. The lowest BCUT2D eigenvalue weighted by molar-refractivity contribution is -0.226. The molecule has 8 heteroatoms. The Hall–Kier alpha value is -2.58. The SMILES string of the molecule is CC(C)Oc1ccc(NC(=O)C2(C)COC(c3cccc(C(F)(F)F)c3)OC2)cc1. The summed E-state index contributed by atoms with van der Waals surface area (Å²) in [6, 6.07) is 11.8. The Morgan fingerprint density at radius 1 is 1.13 bits per heavy atom. The molecule has 1 fully saturated rings. The molecule has 0 bridgehead atoms. The molecule has 1 heterocycles. The zero-order valence-corrected chi connectivity index (χ0v) is 17.0. The van der Waals surface area contributed by atoms with Crippen LogP contribution < -0.4 is 10.1 Å². The van der Waals surface area contributed by atoms with Gasteiger partial charge in [-0.25, -0.2) is 0 Å². The van der Waals surface area contributed by atoms with Crippen molar-refractivity contribution >= 4 is 11.6 Å². The van der Waals surface area contributed by atoms with Crippen molar-refractivity contribution in [2.75, 3.05) is 18.5 Å².